The molecule has 0 aromatic heterocycles. The fourth-order valence-corrected chi connectivity index (χ4v) is 1.79. The van der Waals surface area contributed by atoms with Crippen LogP contribution in [0.15, 0.2) is 30.3 Å². The van der Waals surface area contributed by atoms with Gasteiger partial charge in [-0.05, 0) is 32.0 Å². The highest BCUT2D eigenvalue weighted by atomic mass is 16.5. The number of carbonyl (C=O) groups excluding carboxylic acids is 1. The van der Waals surface area contributed by atoms with Gasteiger partial charge in [0.25, 0.3) is 0 Å². The molecule has 0 radical (unpaired) electrons. The van der Waals surface area contributed by atoms with Crippen molar-refractivity contribution in [2.45, 2.75) is 26.3 Å². The number of nitrogens with zero attached hydrogens (tertiary/aromatic N) is 2. The maximum Gasteiger partial charge on any atom is 0.235 e. The third-order valence-corrected chi connectivity index (χ3v) is 3.68. The third-order valence-electron chi connectivity index (χ3n) is 3.68. The van der Waals surface area contributed by atoms with Crippen molar-refractivity contribution in [2.24, 2.45) is 5.92 Å². The summed E-state index contributed by atoms with van der Waals surface area (Å²) in [5, 5.41) is 12.0. The van der Waals surface area contributed by atoms with E-state index in [9.17, 15) is 10.1 Å². The Morgan fingerprint density at radius 3 is 2.59 bits per heavy atom. The van der Waals surface area contributed by atoms with Crippen LogP contribution in [0.2, 0.25) is 0 Å². The quantitative estimate of drug-likeness (QED) is 0.798. The predicted molar refractivity (Wildman–Crippen MR) is 86.4 cm³/mol. The summed E-state index contributed by atoms with van der Waals surface area (Å²) in [5.41, 5.74) is -0.835. The number of nitriles is 1. The lowest BCUT2D eigenvalue weighted by Gasteiger charge is -2.28. The van der Waals surface area contributed by atoms with E-state index in [2.05, 4.69) is 11.4 Å². The average Bonchev–Trinajstić information content (AvgIpc) is 2.47. The van der Waals surface area contributed by atoms with Gasteiger partial charge in [0.15, 0.2) is 0 Å². The van der Waals surface area contributed by atoms with Gasteiger partial charge in [0.2, 0.25) is 5.91 Å². The van der Waals surface area contributed by atoms with Gasteiger partial charge in [-0.25, -0.2) is 0 Å². The SMILES string of the molecule is CC(C)C(C)(C#N)NC(=O)CN(C)CCOc1ccccc1. The van der Waals surface area contributed by atoms with Crippen LogP contribution in [0.4, 0.5) is 0 Å². The van der Waals surface area contributed by atoms with Crippen molar-refractivity contribution in [1.29, 1.82) is 5.26 Å². The van der Waals surface area contributed by atoms with E-state index >= 15 is 0 Å². The standard InChI is InChI=1S/C17H25N3O2/c1-14(2)17(3,13-18)19-16(21)12-20(4)10-11-22-15-8-6-5-7-9-15/h5-9,14H,10-12H2,1-4H3,(H,19,21). The number of hydrogen-bond donors (Lipinski definition) is 1. The van der Waals surface area contributed by atoms with E-state index in [4.69, 9.17) is 4.74 Å². The number of ether oxygens (including phenoxy) is 1. The van der Waals surface area contributed by atoms with E-state index in [0.717, 1.165) is 5.75 Å². The highest BCUT2D eigenvalue weighted by molar-refractivity contribution is 5.79. The number of hydrogen-bond acceptors (Lipinski definition) is 4. The number of likely N-dealkylation sites (N-methyl/N-ethyl adjacent to an activating group) is 1. The molecule has 1 aromatic carbocycles. The van der Waals surface area contributed by atoms with Gasteiger partial charge in [0, 0.05) is 6.54 Å². The number of para-hydroxylation sites is 1. The van der Waals surface area contributed by atoms with Gasteiger partial charge in [-0.15, -0.1) is 0 Å². The molecule has 1 amide bonds. The summed E-state index contributed by atoms with van der Waals surface area (Å²) in [6.45, 7) is 6.96. The molecule has 5 heteroatoms. The first-order valence-corrected chi connectivity index (χ1v) is 7.46. The van der Waals surface area contributed by atoms with Crippen LogP contribution in [-0.2, 0) is 4.79 Å². The first-order valence-electron chi connectivity index (χ1n) is 7.46. The van der Waals surface area contributed by atoms with Crippen molar-refractivity contribution in [3.63, 3.8) is 0 Å². The van der Waals surface area contributed by atoms with Gasteiger partial charge < -0.3 is 10.1 Å². The highest BCUT2D eigenvalue weighted by Crippen LogP contribution is 2.14. The number of amides is 1. The molecule has 22 heavy (non-hydrogen) atoms. The second kappa shape index (κ2) is 8.40. The van der Waals surface area contributed by atoms with Gasteiger partial charge in [-0.1, -0.05) is 32.0 Å². The van der Waals surface area contributed by atoms with E-state index in [0.29, 0.717) is 13.2 Å². The Morgan fingerprint density at radius 1 is 1.41 bits per heavy atom. The molecule has 0 spiro atoms. The maximum atomic E-state index is 12.0. The summed E-state index contributed by atoms with van der Waals surface area (Å²) in [4.78, 5) is 13.9. The Hall–Kier alpha value is -2.06. The van der Waals surface area contributed by atoms with Gasteiger partial charge in [-0.3, -0.25) is 9.69 Å². The average molecular weight is 303 g/mol. The number of carbonyl (C=O) groups is 1. The molecule has 1 N–H and O–H groups in total. The Balaban J connectivity index is 2.34. The summed E-state index contributed by atoms with van der Waals surface area (Å²) >= 11 is 0. The first kappa shape index (κ1) is 18.0. The third kappa shape index (κ3) is 5.74. The Kier molecular flexibility index (Phi) is 6.87. The fraction of sp³-hybridized carbons (Fsp3) is 0.529. The molecule has 0 aliphatic carbocycles. The van der Waals surface area contributed by atoms with Crippen LogP contribution >= 0.6 is 0 Å². The second-order valence-corrected chi connectivity index (χ2v) is 5.92. The highest BCUT2D eigenvalue weighted by Gasteiger charge is 2.30. The minimum atomic E-state index is -0.835. The van der Waals surface area contributed by atoms with E-state index < -0.39 is 5.54 Å². The van der Waals surface area contributed by atoms with Crippen molar-refractivity contribution in [3.8, 4) is 11.8 Å². The molecule has 0 saturated heterocycles. The monoisotopic (exact) mass is 303 g/mol. The van der Waals surface area contributed by atoms with E-state index in [1.165, 1.54) is 0 Å². The summed E-state index contributed by atoms with van der Waals surface area (Å²) in [6.07, 6.45) is 0. The second-order valence-electron chi connectivity index (χ2n) is 5.92. The molecule has 1 atom stereocenters. The number of rotatable bonds is 8. The Labute approximate surface area is 132 Å². The topological polar surface area (TPSA) is 65.4 Å². The van der Waals surface area contributed by atoms with E-state index in [-0.39, 0.29) is 18.4 Å². The zero-order chi connectivity index (χ0) is 16.6. The van der Waals surface area contributed by atoms with Crippen LogP contribution < -0.4 is 10.1 Å². The van der Waals surface area contributed by atoms with Gasteiger partial charge in [0.1, 0.15) is 17.9 Å². The van der Waals surface area contributed by atoms with Crippen LogP contribution in [-0.4, -0.2) is 43.1 Å². The minimum Gasteiger partial charge on any atom is -0.492 e. The Bertz CT molecular complexity index is 510. The lowest BCUT2D eigenvalue weighted by Crippen LogP contribution is -2.51. The van der Waals surface area contributed by atoms with Crippen LogP contribution in [0.25, 0.3) is 0 Å². The largest absolute Gasteiger partial charge is 0.492 e. The molecule has 0 saturated carbocycles. The van der Waals surface area contributed by atoms with Crippen molar-refractivity contribution in [3.05, 3.63) is 30.3 Å². The maximum absolute atomic E-state index is 12.0. The van der Waals surface area contributed by atoms with Gasteiger partial charge in [0.05, 0.1) is 12.6 Å². The van der Waals surface area contributed by atoms with E-state index in [1.54, 1.807) is 6.92 Å². The molecule has 1 rings (SSSR count). The molecule has 1 unspecified atom stereocenters. The zero-order valence-electron chi connectivity index (χ0n) is 13.8. The lowest BCUT2D eigenvalue weighted by atomic mass is 9.90. The van der Waals surface area contributed by atoms with Crippen molar-refractivity contribution in [2.75, 3.05) is 26.7 Å². The molecule has 0 fully saturated rings. The summed E-state index contributed by atoms with van der Waals surface area (Å²) < 4.78 is 5.59. The first-order chi connectivity index (χ1) is 10.4. The molecule has 120 valence electrons. The molecular weight excluding hydrogens is 278 g/mol. The molecular formula is C17H25N3O2. The molecule has 5 nitrogen and oxygen atoms in total. The van der Waals surface area contributed by atoms with Crippen molar-refractivity contribution in [1.82, 2.24) is 10.2 Å². The summed E-state index contributed by atoms with van der Waals surface area (Å²) in [7, 11) is 1.85. The van der Waals surface area contributed by atoms with Crippen molar-refractivity contribution < 1.29 is 9.53 Å². The van der Waals surface area contributed by atoms with Gasteiger partial charge in [-0.2, -0.15) is 5.26 Å². The predicted octanol–water partition coefficient (Wildman–Crippen LogP) is 2.05. The molecule has 1 aromatic rings. The smallest absolute Gasteiger partial charge is 0.235 e. The van der Waals surface area contributed by atoms with Crippen molar-refractivity contribution >= 4 is 5.91 Å². The minimum absolute atomic E-state index is 0.0492. The lowest BCUT2D eigenvalue weighted by molar-refractivity contribution is -0.123. The summed E-state index contributed by atoms with van der Waals surface area (Å²) in [5.74, 6) is 0.713. The van der Waals surface area contributed by atoms with Crippen LogP contribution in [0.1, 0.15) is 20.8 Å². The summed E-state index contributed by atoms with van der Waals surface area (Å²) in [6, 6.07) is 11.7. The molecule has 0 aliphatic rings. The number of benzene rings is 1. The normalized spacial score (nSPS) is 13.5. The molecule has 0 aliphatic heterocycles. The van der Waals surface area contributed by atoms with Gasteiger partial charge >= 0.3 is 0 Å². The number of nitrogens with one attached hydrogen (secondary N) is 1. The molecule has 0 heterocycles. The fourth-order valence-electron chi connectivity index (χ4n) is 1.79. The zero-order valence-corrected chi connectivity index (χ0v) is 13.8. The van der Waals surface area contributed by atoms with Crippen LogP contribution in [0, 0.1) is 17.2 Å². The molecule has 0 bridgehead atoms. The Morgan fingerprint density at radius 2 is 2.05 bits per heavy atom. The van der Waals surface area contributed by atoms with Crippen LogP contribution in [0.5, 0.6) is 5.75 Å². The van der Waals surface area contributed by atoms with Crippen LogP contribution in [0.3, 0.4) is 0 Å². The van der Waals surface area contributed by atoms with E-state index in [1.807, 2.05) is 56.1 Å².